The van der Waals surface area contributed by atoms with E-state index in [-0.39, 0.29) is 24.1 Å². The number of carbonyl (C=O) groups excluding carboxylic acids is 3. The molecule has 2 amide bonds. The van der Waals surface area contributed by atoms with Crippen LogP contribution < -0.4 is 10.2 Å². The second kappa shape index (κ2) is 11.6. The highest BCUT2D eigenvalue weighted by molar-refractivity contribution is 6.02. The van der Waals surface area contributed by atoms with Crippen LogP contribution in [0.1, 0.15) is 68.6 Å². The zero-order valence-electron chi connectivity index (χ0n) is 23.1. The first-order valence-corrected chi connectivity index (χ1v) is 13.3. The Morgan fingerprint density at radius 2 is 1.62 bits per heavy atom. The minimum Gasteiger partial charge on any atom is -0.349 e. The van der Waals surface area contributed by atoms with Crippen LogP contribution in [0, 0.1) is 0 Å². The lowest BCUT2D eigenvalue weighted by molar-refractivity contribution is -0.128. The number of Topliss-reactive ketones (excluding diaryl/α,β-unsaturated/α-hetero) is 1. The lowest BCUT2D eigenvalue weighted by Gasteiger charge is -2.34. The van der Waals surface area contributed by atoms with Crippen LogP contribution in [0.25, 0.3) is 11.0 Å². The van der Waals surface area contributed by atoms with Gasteiger partial charge in [-0.3, -0.25) is 19.3 Å². The average molecular weight is 526 g/mol. The molecule has 3 aromatic carbocycles. The lowest BCUT2D eigenvalue weighted by Crippen LogP contribution is -2.51. The molecule has 4 aromatic rings. The van der Waals surface area contributed by atoms with Gasteiger partial charge in [-0.1, -0.05) is 55.5 Å². The summed E-state index contributed by atoms with van der Waals surface area (Å²) < 4.78 is 1.54. The molecule has 0 bridgehead atoms. The number of benzene rings is 3. The monoisotopic (exact) mass is 525 g/mol. The van der Waals surface area contributed by atoms with Gasteiger partial charge < -0.3 is 5.32 Å². The molecule has 0 radical (unpaired) electrons. The van der Waals surface area contributed by atoms with Crippen LogP contribution in [0.3, 0.4) is 0 Å². The third kappa shape index (κ3) is 6.22. The van der Waals surface area contributed by atoms with E-state index in [2.05, 4.69) is 22.6 Å². The summed E-state index contributed by atoms with van der Waals surface area (Å²) in [6, 6.07) is 21.0. The molecule has 1 atom stereocenters. The Hall–Kier alpha value is -4.33. The van der Waals surface area contributed by atoms with Crippen molar-refractivity contribution in [3.8, 4) is 0 Å². The van der Waals surface area contributed by atoms with Gasteiger partial charge in [0.05, 0.1) is 5.52 Å². The quantitative estimate of drug-likeness (QED) is 0.284. The number of para-hydroxylation sites is 1. The first-order valence-electron chi connectivity index (χ1n) is 13.3. The molecule has 0 fully saturated rings. The number of rotatable bonds is 10. The van der Waals surface area contributed by atoms with Crippen LogP contribution in [0.2, 0.25) is 0 Å². The van der Waals surface area contributed by atoms with E-state index >= 15 is 0 Å². The minimum atomic E-state index is -0.952. The maximum Gasteiger partial charge on any atom is 0.249 e. The first-order chi connectivity index (χ1) is 18.6. The van der Waals surface area contributed by atoms with Crippen molar-refractivity contribution in [2.45, 2.75) is 65.6 Å². The average Bonchev–Trinajstić information content (AvgIpc) is 3.34. The number of hydrogen-bond donors (Lipinski definition) is 1. The molecule has 202 valence electrons. The van der Waals surface area contributed by atoms with Crippen LogP contribution in [0.15, 0.2) is 72.8 Å². The van der Waals surface area contributed by atoms with Gasteiger partial charge in [0, 0.05) is 16.8 Å². The molecule has 1 heterocycles. The van der Waals surface area contributed by atoms with Crippen molar-refractivity contribution in [3.05, 3.63) is 89.5 Å². The fourth-order valence-electron chi connectivity index (χ4n) is 4.38. The van der Waals surface area contributed by atoms with Crippen molar-refractivity contribution >= 4 is 34.3 Å². The van der Waals surface area contributed by atoms with Crippen LogP contribution in [0.4, 0.5) is 5.69 Å². The summed E-state index contributed by atoms with van der Waals surface area (Å²) in [7, 11) is 0. The van der Waals surface area contributed by atoms with Gasteiger partial charge in [0.1, 0.15) is 18.1 Å². The molecule has 8 nitrogen and oxygen atoms in total. The zero-order valence-corrected chi connectivity index (χ0v) is 23.1. The number of aromatic nitrogens is 3. The van der Waals surface area contributed by atoms with Crippen molar-refractivity contribution in [1.82, 2.24) is 20.3 Å². The van der Waals surface area contributed by atoms with Crippen LogP contribution in [-0.4, -0.2) is 38.1 Å². The molecule has 39 heavy (non-hydrogen) atoms. The van der Waals surface area contributed by atoms with Crippen LogP contribution in [0.5, 0.6) is 0 Å². The van der Waals surface area contributed by atoms with Crippen molar-refractivity contribution in [1.29, 1.82) is 0 Å². The Balaban J connectivity index is 1.83. The Morgan fingerprint density at radius 3 is 2.23 bits per heavy atom. The normalized spacial score (nSPS) is 12.2. The van der Waals surface area contributed by atoms with Crippen molar-refractivity contribution < 1.29 is 14.4 Å². The van der Waals surface area contributed by atoms with Crippen LogP contribution in [-0.2, 0) is 22.6 Å². The van der Waals surface area contributed by atoms with E-state index in [4.69, 9.17) is 0 Å². The summed E-state index contributed by atoms with van der Waals surface area (Å²) >= 11 is 0. The Morgan fingerprint density at radius 1 is 0.949 bits per heavy atom. The summed E-state index contributed by atoms with van der Waals surface area (Å²) in [6.45, 7) is 9.35. The van der Waals surface area contributed by atoms with E-state index in [9.17, 15) is 14.4 Å². The van der Waals surface area contributed by atoms with E-state index in [1.165, 1.54) is 11.8 Å². The summed E-state index contributed by atoms with van der Waals surface area (Å²) in [6.07, 6.45) is 1.57. The van der Waals surface area contributed by atoms with Crippen LogP contribution >= 0.6 is 0 Å². The molecule has 1 unspecified atom stereocenters. The highest BCUT2D eigenvalue weighted by atomic mass is 16.2. The lowest BCUT2D eigenvalue weighted by atomic mass is 9.97. The molecular weight excluding hydrogens is 490 g/mol. The van der Waals surface area contributed by atoms with E-state index < -0.39 is 11.6 Å². The van der Waals surface area contributed by atoms with Crippen molar-refractivity contribution in [3.63, 3.8) is 0 Å². The number of carbonyl (C=O) groups is 3. The fourth-order valence-corrected chi connectivity index (χ4v) is 4.38. The SMILES string of the molecule is CCc1ccc(C(C(=O)NC(C)(C)CC)N(C(=O)Cn2nnc3ccccc32)c2ccc(C(C)=O)cc2)cc1. The van der Waals surface area contributed by atoms with Crippen molar-refractivity contribution in [2.24, 2.45) is 0 Å². The fraction of sp³-hybridized carbons (Fsp3) is 0.323. The molecule has 0 aliphatic carbocycles. The van der Waals surface area contributed by atoms with Crippen molar-refractivity contribution in [2.75, 3.05) is 4.90 Å². The second-order valence-electron chi connectivity index (χ2n) is 10.3. The molecule has 8 heteroatoms. The third-order valence-electron chi connectivity index (χ3n) is 7.08. The van der Waals surface area contributed by atoms with E-state index in [0.29, 0.717) is 28.8 Å². The van der Waals surface area contributed by atoms with E-state index in [0.717, 1.165) is 17.5 Å². The largest absolute Gasteiger partial charge is 0.349 e. The number of nitrogens with zero attached hydrogens (tertiary/aromatic N) is 4. The topological polar surface area (TPSA) is 97.2 Å². The number of hydrogen-bond acceptors (Lipinski definition) is 5. The highest BCUT2D eigenvalue weighted by Crippen LogP contribution is 2.30. The number of aryl methyl sites for hydroxylation is 1. The predicted octanol–water partition coefficient (Wildman–Crippen LogP) is 5.28. The van der Waals surface area contributed by atoms with Gasteiger partial charge in [0.15, 0.2) is 5.78 Å². The summed E-state index contributed by atoms with van der Waals surface area (Å²) in [4.78, 5) is 41.6. The van der Waals surface area contributed by atoms with Gasteiger partial charge in [0.25, 0.3) is 0 Å². The van der Waals surface area contributed by atoms with Gasteiger partial charge in [0.2, 0.25) is 11.8 Å². The van der Waals surface area contributed by atoms with Gasteiger partial charge in [-0.05, 0) is 81.1 Å². The molecule has 0 saturated carbocycles. The number of ketones is 1. The summed E-state index contributed by atoms with van der Waals surface area (Å²) in [5.74, 6) is -0.712. The van der Waals surface area contributed by atoms with E-state index in [1.807, 2.05) is 69.3 Å². The molecule has 0 saturated heterocycles. The predicted molar refractivity (Wildman–Crippen MR) is 153 cm³/mol. The van der Waals surface area contributed by atoms with Gasteiger partial charge in [-0.2, -0.15) is 0 Å². The second-order valence-corrected chi connectivity index (χ2v) is 10.3. The highest BCUT2D eigenvalue weighted by Gasteiger charge is 2.35. The first kappa shape index (κ1) is 27.7. The Labute approximate surface area is 229 Å². The Bertz CT molecular complexity index is 1470. The van der Waals surface area contributed by atoms with Gasteiger partial charge in [-0.25, -0.2) is 4.68 Å². The third-order valence-corrected chi connectivity index (χ3v) is 7.08. The van der Waals surface area contributed by atoms with E-state index in [1.54, 1.807) is 28.9 Å². The number of amides is 2. The number of fused-ring (bicyclic) bond motifs is 1. The van der Waals surface area contributed by atoms with Gasteiger partial charge in [-0.15, -0.1) is 5.10 Å². The summed E-state index contributed by atoms with van der Waals surface area (Å²) in [5.41, 5.74) is 3.76. The number of anilines is 1. The Kier molecular flexibility index (Phi) is 8.24. The molecular formula is C31H35N5O3. The minimum absolute atomic E-state index is 0.0809. The molecule has 0 spiro atoms. The molecule has 1 N–H and O–H groups in total. The maximum absolute atomic E-state index is 14.1. The molecule has 1 aromatic heterocycles. The smallest absolute Gasteiger partial charge is 0.249 e. The van der Waals surface area contributed by atoms with Gasteiger partial charge >= 0.3 is 0 Å². The standard InChI is InChI=1S/C31H35N5O3/c1-6-22-12-14-24(15-13-22)29(30(39)32-31(4,5)7-2)36(25-18-16-23(17-19-25)21(3)37)28(38)20-35-27-11-9-8-10-26(27)33-34-35/h8-19,29H,6-7,20H2,1-5H3,(H,32,39). The zero-order chi connectivity index (χ0) is 28.2. The number of nitrogens with one attached hydrogen (secondary N) is 1. The molecule has 0 aliphatic heterocycles. The summed E-state index contributed by atoms with van der Waals surface area (Å²) in [5, 5.41) is 11.5. The maximum atomic E-state index is 14.1. The molecule has 4 rings (SSSR count). The molecule has 0 aliphatic rings.